The molecule has 0 spiro atoms. The molecule has 0 fully saturated rings. The Bertz CT molecular complexity index is 898. The molecule has 8 heteroatoms. The standard InChI is InChI=1S/C18H15F3N2OS2/c1-11-2-7-15(26-11)9-22-16(24)8-14-10-25-17(23-14)12-3-5-13(6-4-12)18(19,20)21/h2-7,10H,8-9H2,1H3,(H,22,24). The predicted molar refractivity (Wildman–Crippen MR) is 97.2 cm³/mol. The number of amides is 1. The SMILES string of the molecule is Cc1ccc(CNC(=O)Cc2csc(-c3ccc(C(F)(F)F)cc3)n2)s1. The molecule has 26 heavy (non-hydrogen) atoms. The van der Waals surface area contributed by atoms with Crippen LogP contribution in [-0.4, -0.2) is 10.9 Å². The van der Waals surface area contributed by atoms with Crippen LogP contribution in [0.25, 0.3) is 10.6 Å². The van der Waals surface area contributed by atoms with Crippen LogP contribution in [-0.2, 0) is 23.9 Å². The van der Waals surface area contributed by atoms with Gasteiger partial charge in [-0.05, 0) is 31.2 Å². The lowest BCUT2D eigenvalue weighted by Gasteiger charge is -2.06. The molecular weight excluding hydrogens is 381 g/mol. The smallest absolute Gasteiger partial charge is 0.351 e. The normalized spacial score (nSPS) is 11.5. The number of thiophene rings is 1. The van der Waals surface area contributed by atoms with Gasteiger partial charge in [-0.3, -0.25) is 4.79 Å². The lowest BCUT2D eigenvalue weighted by atomic mass is 10.1. The first-order valence-electron chi connectivity index (χ1n) is 7.75. The van der Waals surface area contributed by atoms with Crippen LogP contribution in [0, 0.1) is 6.92 Å². The third-order valence-electron chi connectivity index (χ3n) is 3.61. The van der Waals surface area contributed by atoms with E-state index in [4.69, 9.17) is 0 Å². The Morgan fingerprint density at radius 2 is 1.88 bits per heavy atom. The van der Waals surface area contributed by atoms with Gasteiger partial charge in [-0.1, -0.05) is 12.1 Å². The van der Waals surface area contributed by atoms with Crippen molar-refractivity contribution < 1.29 is 18.0 Å². The molecule has 0 unspecified atom stereocenters. The molecule has 1 N–H and O–H groups in total. The Hall–Kier alpha value is -2.19. The molecule has 3 aromatic rings. The summed E-state index contributed by atoms with van der Waals surface area (Å²) < 4.78 is 37.8. The second-order valence-corrected chi connectivity index (χ2v) is 7.92. The molecule has 1 aromatic carbocycles. The van der Waals surface area contributed by atoms with Gasteiger partial charge < -0.3 is 5.32 Å². The Morgan fingerprint density at radius 3 is 2.50 bits per heavy atom. The molecule has 0 atom stereocenters. The molecule has 0 radical (unpaired) electrons. The van der Waals surface area contributed by atoms with Gasteiger partial charge in [0, 0.05) is 20.7 Å². The first-order chi connectivity index (χ1) is 12.3. The highest BCUT2D eigenvalue weighted by atomic mass is 32.1. The van der Waals surface area contributed by atoms with Gasteiger partial charge in [0.1, 0.15) is 5.01 Å². The third kappa shape index (κ3) is 4.70. The van der Waals surface area contributed by atoms with Crippen molar-refractivity contribution in [3.8, 4) is 10.6 Å². The fraction of sp³-hybridized carbons (Fsp3) is 0.222. The van der Waals surface area contributed by atoms with Crippen LogP contribution < -0.4 is 5.32 Å². The molecule has 0 saturated heterocycles. The number of hydrogen-bond acceptors (Lipinski definition) is 4. The van der Waals surface area contributed by atoms with Crippen LogP contribution in [0.15, 0.2) is 41.8 Å². The highest BCUT2D eigenvalue weighted by molar-refractivity contribution is 7.13. The van der Waals surface area contributed by atoms with Crippen molar-refractivity contribution in [3.63, 3.8) is 0 Å². The van der Waals surface area contributed by atoms with Crippen molar-refractivity contribution >= 4 is 28.6 Å². The molecule has 0 aliphatic rings. The lowest BCUT2D eigenvalue weighted by molar-refractivity contribution is -0.137. The molecule has 0 saturated carbocycles. The summed E-state index contributed by atoms with van der Waals surface area (Å²) in [6.45, 7) is 2.49. The topological polar surface area (TPSA) is 42.0 Å². The number of aromatic nitrogens is 1. The van der Waals surface area contributed by atoms with Crippen LogP contribution in [0.1, 0.15) is 21.0 Å². The summed E-state index contributed by atoms with van der Waals surface area (Å²) >= 11 is 2.94. The van der Waals surface area contributed by atoms with Crippen molar-refractivity contribution in [3.05, 3.63) is 62.8 Å². The monoisotopic (exact) mass is 396 g/mol. The molecule has 3 rings (SSSR count). The molecular formula is C18H15F3N2OS2. The van der Waals surface area contributed by atoms with Gasteiger partial charge in [0.05, 0.1) is 24.2 Å². The summed E-state index contributed by atoms with van der Waals surface area (Å²) in [6.07, 6.45) is -4.22. The summed E-state index contributed by atoms with van der Waals surface area (Å²) in [7, 11) is 0. The molecule has 2 aromatic heterocycles. The maximum Gasteiger partial charge on any atom is 0.416 e. The van der Waals surface area contributed by atoms with E-state index in [0.717, 1.165) is 17.0 Å². The van der Waals surface area contributed by atoms with E-state index in [9.17, 15) is 18.0 Å². The third-order valence-corrected chi connectivity index (χ3v) is 5.55. The van der Waals surface area contributed by atoms with Gasteiger partial charge in [-0.2, -0.15) is 13.2 Å². The molecule has 0 bridgehead atoms. The van der Waals surface area contributed by atoms with E-state index in [1.807, 2.05) is 19.1 Å². The lowest BCUT2D eigenvalue weighted by Crippen LogP contribution is -2.24. The van der Waals surface area contributed by atoms with E-state index < -0.39 is 11.7 Å². The first kappa shape index (κ1) is 18.6. The minimum atomic E-state index is -4.36. The molecule has 0 aliphatic heterocycles. The van der Waals surface area contributed by atoms with E-state index in [0.29, 0.717) is 22.8 Å². The van der Waals surface area contributed by atoms with Gasteiger partial charge in [0.15, 0.2) is 0 Å². The Labute approximate surface area is 156 Å². The number of thiazole rings is 1. The summed E-state index contributed by atoms with van der Waals surface area (Å²) in [6, 6.07) is 8.84. The average Bonchev–Trinajstić information content (AvgIpc) is 3.21. The second kappa shape index (κ2) is 7.59. The van der Waals surface area contributed by atoms with Gasteiger partial charge in [-0.15, -0.1) is 22.7 Å². The van der Waals surface area contributed by atoms with Crippen LogP contribution in [0.4, 0.5) is 13.2 Å². The number of alkyl halides is 3. The van der Waals surface area contributed by atoms with E-state index in [1.165, 1.54) is 28.3 Å². The van der Waals surface area contributed by atoms with Crippen LogP contribution in [0.2, 0.25) is 0 Å². The van der Waals surface area contributed by atoms with Crippen LogP contribution in [0.5, 0.6) is 0 Å². The Kier molecular flexibility index (Phi) is 5.43. The average molecular weight is 396 g/mol. The number of nitrogens with zero attached hydrogens (tertiary/aromatic N) is 1. The molecule has 2 heterocycles. The number of aryl methyl sites for hydroxylation is 1. The van der Waals surface area contributed by atoms with Crippen molar-refractivity contribution in [1.29, 1.82) is 0 Å². The van der Waals surface area contributed by atoms with Crippen LogP contribution in [0.3, 0.4) is 0 Å². The highest BCUT2D eigenvalue weighted by Gasteiger charge is 2.30. The van der Waals surface area contributed by atoms with Crippen molar-refractivity contribution in [1.82, 2.24) is 10.3 Å². The number of halogens is 3. The fourth-order valence-corrected chi connectivity index (χ4v) is 3.97. The van der Waals surface area contributed by atoms with Crippen LogP contribution >= 0.6 is 22.7 Å². The fourth-order valence-electron chi connectivity index (χ4n) is 2.32. The predicted octanol–water partition coefficient (Wildman–Crippen LogP) is 5.06. The van der Waals surface area contributed by atoms with E-state index >= 15 is 0 Å². The second-order valence-electron chi connectivity index (χ2n) is 5.68. The number of hydrogen-bond donors (Lipinski definition) is 1. The minimum absolute atomic E-state index is 0.139. The first-order valence-corrected chi connectivity index (χ1v) is 9.45. The summed E-state index contributed by atoms with van der Waals surface area (Å²) in [4.78, 5) is 18.6. The van der Waals surface area contributed by atoms with Crippen molar-refractivity contribution in [2.45, 2.75) is 26.1 Å². The van der Waals surface area contributed by atoms with E-state index in [2.05, 4.69) is 10.3 Å². The zero-order chi connectivity index (χ0) is 18.7. The summed E-state index contributed by atoms with van der Waals surface area (Å²) in [5, 5.41) is 5.19. The van der Waals surface area contributed by atoms with E-state index in [1.54, 1.807) is 16.7 Å². The molecule has 3 nitrogen and oxygen atoms in total. The van der Waals surface area contributed by atoms with Gasteiger partial charge >= 0.3 is 6.18 Å². The number of nitrogens with one attached hydrogen (secondary N) is 1. The maximum atomic E-state index is 12.6. The van der Waals surface area contributed by atoms with Gasteiger partial charge in [0.2, 0.25) is 5.91 Å². The summed E-state index contributed by atoms with van der Waals surface area (Å²) in [5.41, 5.74) is 0.509. The highest BCUT2D eigenvalue weighted by Crippen LogP contribution is 2.31. The quantitative estimate of drug-likeness (QED) is 0.655. The van der Waals surface area contributed by atoms with Gasteiger partial charge in [0.25, 0.3) is 0 Å². The van der Waals surface area contributed by atoms with Gasteiger partial charge in [-0.25, -0.2) is 4.98 Å². The summed E-state index contributed by atoms with van der Waals surface area (Å²) in [5.74, 6) is -0.139. The van der Waals surface area contributed by atoms with E-state index in [-0.39, 0.29) is 12.3 Å². The zero-order valence-electron chi connectivity index (χ0n) is 13.8. The van der Waals surface area contributed by atoms with Crippen molar-refractivity contribution in [2.75, 3.05) is 0 Å². The Balaban J connectivity index is 1.59. The zero-order valence-corrected chi connectivity index (χ0v) is 15.4. The molecule has 0 aliphatic carbocycles. The van der Waals surface area contributed by atoms with Crippen molar-refractivity contribution in [2.24, 2.45) is 0 Å². The molecule has 1 amide bonds. The largest absolute Gasteiger partial charge is 0.416 e. The number of benzene rings is 1. The number of carbonyl (C=O) groups excluding carboxylic acids is 1. The maximum absolute atomic E-state index is 12.6. The molecule has 136 valence electrons. The Morgan fingerprint density at radius 1 is 1.15 bits per heavy atom. The number of carbonyl (C=O) groups is 1. The number of rotatable bonds is 5. The minimum Gasteiger partial charge on any atom is -0.351 e.